The van der Waals surface area contributed by atoms with Gasteiger partial charge in [0.25, 0.3) is 0 Å². The number of piperidine rings is 1. The van der Waals surface area contributed by atoms with E-state index in [1.165, 1.54) is 4.90 Å². The number of primary amides is 1. The maximum absolute atomic E-state index is 14.4. The van der Waals surface area contributed by atoms with E-state index in [-0.39, 0.29) is 54.4 Å². The first-order chi connectivity index (χ1) is 19.9. The molecule has 7 rings (SSSR count). The molecular formula is C29H40F3N5O6. The third-order valence-corrected chi connectivity index (χ3v) is 11.6. The minimum absolute atomic E-state index is 0.0141. The number of nitrogens with two attached hydrogens (primary N) is 1. The molecule has 14 heteroatoms. The average molecular weight is 612 g/mol. The molecule has 2 saturated heterocycles. The molecule has 0 aromatic carbocycles. The van der Waals surface area contributed by atoms with Crippen molar-refractivity contribution < 1.29 is 42.3 Å². The van der Waals surface area contributed by atoms with E-state index >= 15 is 0 Å². The summed E-state index contributed by atoms with van der Waals surface area (Å²) < 4.78 is 40.7. The first-order valence-electron chi connectivity index (χ1n) is 15.2. The number of likely N-dealkylation sites (tertiary alicyclic amines) is 1. The number of hydrogen-bond donors (Lipinski definition) is 5. The molecule has 0 aromatic rings. The van der Waals surface area contributed by atoms with Crippen LogP contribution in [0.25, 0.3) is 0 Å². The topological polar surface area (TPSA) is 171 Å². The Balaban J connectivity index is 1.29. The Kier molecular flexibility index (Phi) is 6.87. The predicted molar refractivity (Wildman–Crippen MR) is 143 cm³/mol. The molecule has 43 heavy (non-hydrogen) atoms. The number of rotatable bonds is 8. The summed E-state index contributed by atoms with van der Waals surface area (Å²) >= 11 is 0. The van der Waals surface area contributed by atoms with Crippen molar-refractivity contribution in [3.05, 3.63) is 0 Å². The van der Waals surface area contributed by atoms with Crippen molar-refractivity contribution in [2.24, 2.45) is 46.2 Å². The molecule has 5 saturated carbocycles. The molecule has 4 bridgehead atoms. The summed E-state index contributed by atoms with van der Waals surface area (Å²) in [5, 5.41) is 18.6. The monoisotopic (exact) mass is 611 g/mol. The number of carbonyl (C=O) groups excluding carboxylic acids is 5. The highest BCUT2D eigenvalue weighted by Gasteiger charge is 2.71. The summed E-state index contributed by atoms with van der Waals surface area (Å²) in [4.78, 5) is 66.3. The largest absolute Gasteiger partial charge is 0.471 e. The van der Waals surface area contributed by atoms with Gasteiger partial charge in [-0.15, -0.1) is 0 Å². The summed E-state index contributed by atoms with van der Waals surface area (Å²) in [6.45, 7) is 4.43. The molecule has 5 amide bonds. The Morgan fingerprint density at radius 2 is 1.77 bits per heavy atom. The van der Waals surface area contributed by atoms with E-state index in [1.807, 2.05) is 19.2 Å². The Morgan fingerprint density at radius 3 is 2.30 bits per heavy atom. The quantitative estimate of drug-likeness (QED) is 0.265. The van der Waals surface area contributed by atoms with Crippen molar-refractivity contribution in [2.75, 3.05) is 13.1 Å². The minimum atomic E-state index is -5.23. The molecular weight excluding hydrogens is 571 g/mol. The lowest BCUT2D eigenvalue weighted by Crippen LogP contribution is -2.68. The Bertz CT molecular complexity index is 1240. The normalized spacial score (nSPS) is 40.0. The molecule has 5 aliphatic carbocycles. The van der Waals surface area contributed by atoms with E-state index in [0.717, 1.165) is 6.42 Å². The first kappa shape index (κ1) is 30.1. The lowest BCUT2D eigenvalue weighted by atomic mass is 9.46. The van der Waals surface area contributed by atoms with Crippen molar-refractivity contribution in [1.29, 1.82) is 0 Å². The maximum atomic E-state index is 14.4. The van der Waals surface area contributed by atoms with Crippen LogP contribution >= 0.6 is 0 Å². The van der Waals surface area contributed by atoms with Gasteiger partial charge in [0.05, 0.1) is 5.60 Å². The van der Waals surface area contributed by atoms with E-state index < -0.39 is 64.9 Å². The van der Waals surface area contributed by atoms with Gasteiger partial charge in [-0.25, -0.2) is 0 Å². The fraction of sp³-hybridized carbons (Fsp3) is 0.828. The fourth-order valence-electron chi connectivity index (χ4n) is 9.95. The van der Waals surface area contributed by atoms with E-state index in [9.17, 15) is 42.3 Å². The highest BCUT2D eigenvalue weighted by atomic mass is 19.4. The van der Waals surface area contributed by atoms with Crippen molar-refractivity contribution in [3.8, 4) is 0 Å². The van der Waals surface area contributed by atoms with Gasteiger partial charge in [0.1, 0.15) is 18.1 Å². The molecule has 0 spiro atoms. The van der Waals surface area contributed by atoms with Gasteiger partial charge >= 0.3 is 12.1 Å². The number of halogens is 3. The number of nitrogens with one attached hydrogen (secondary N) is 3. The van der Waals surface area contributed by atoms with Gasteiger partial charge in [-0.05, 0) is 80.5 Å². The van der Waals surface area contributed by atoms with Crippen molar-refractivity contribution in [3.63, 3.8) is 0 Å². The van der Waals surface area contributed by atoms with Crippen LogP contribution in [0.5, 0.6) is 0 Å². The second kappa shape index (κ2) is 9.80. The third-order valence-electron chi connectivity index (χ3n) is 11.6. The SMILES string of the molecule is CC1(C)[C@@H]2[C@@H](C(=O)NC(CC3CCNC3=O)C(N)=O)N(C(=O)C(NC(=O)C(F)(F)F)C34C[C@@H]5C[C@@H](CC(O)(C5)C3)C4)C[C@@H]21. The Hall–Kier alpha value is -2.90. The molecule has 7 fully saturated rings. The van der Waals surface area contributed by atoms with Crippen LogP contribution < -0.4 is 21.7 Å². The molecule has 2 aliphatic heterocycles. The number of amides is 5. The number of fused-ring (bicyclic) bond motifs is 1. The van der Waals surface area contributed by atoms with Gasteiger partial charge < -0.3 is 31.7 Å². The zero-order valence-electron chi connectivity index (χ0n) is 24.3. The zero-order chi connectivity index (χ0) is 31.3. The summed E-state index contributed by atoms with van der Waals surface area (Å²) in [7, 11) is 0. The van der Waals surface area contributed by atoms with Crippen LogP contribution in [0, 0.1) is 40.4 Å². The van der Waals surface area contributed by atoms with Gasteiger partial charge in [0, 0.05) is 24.4 Å². The van der Waals surface area contributed by atoms with Gasteiger partial charge in [-0.1, -0.05) is 13.8 Å². The second-order valence-corrected chi connectivity index (χ2v) is 14.8. The van der Waals surface area contributed by atoms with Crippen LogP contribution in [-0.2, 0) is 24.0 Å². The second-order valence-electron chi connectivity index (χ2n) is 14.8. The molecule has 0 aromatic heterocycles. The molecule has 7 aliphatic rings. The van der Waals surface area contributed by atoms with Gasteiger partial charge in [0.2, 0.25) is 23.6 Å². The third kappa shape index (κ3) is 5.06. The Labute approximate surface area is 247 Å². The highest BCUT2D eigenvalue weighted by molar-refractivity contribution is 5.96. The highest BCUT2D eigenvalue weighted by Crippen LogP contribution is 2.66. The van der Waals surface area contributed by atoms with E-state index in [2.05, 4.69) is 10.6 Å². The summed E-state index contributed by atoms with van der Waals surface area (Å²) in [6, 6.07) is -3.87. The predicted octanol–water partition coefficient (Wildman–Crippen LogP) is 0.344. The summed E-state index contributed by atoms with van der Waals surface area (Å²) in [5.74, 6) is -5.67. The van der Waals surface area contributed by atoms with Gasteiger partial charge in [-0.2, -0.15) is 13.2 Å². The summed E-state index contributed by atoms with van der Waals surface area (Å²) in [5.41, 5.74) is 3.05. The lowest BCUT2D eigenvalue weighted by molar-refractivity contribution is -0.191. The molecule has 10 atom stereocenters. The van der Waals surface area contributed by atoms with Crippen molar-refractivity contribution >= 4 is 29.5 Å². The van der Waals surface area contributed by atoms with Gasteiger partial charge in [0.15, 0.2) is 0 Å². The smallest absolute Gasteiger partial charge is 0.390 e. The maximum Gasteiger partial charge on any atom is 0.471 e. The van der Waals surface area contributed by atoms with Crippen LogP contribution in [0.1, 0.15) is 65.2 Å². The van der Waals surface area contributed by atoms with Crippen molar-refractivity contribution in [2.45, 2.75) is 95.1 Å². The summed E-state index contributed by atoms with van der Waals surface area (Å²) in [6.07, 6.45) is -2.03. The number of carbonyl (C=O) groups is 5. The minimum Gasteiger partial charge on any atom is -0.390 e. The first-order valence-corrected chi connectivity index (χ1v) is 15.2. The number of aliphatic hydroxyl groups is 1. The number of hydrogen-bond acceptors (Lipinski definition) is 6. The van der Waals surface area contributed by atoms with Crippen LogP contribution in [0.3, 0.4) is 0 Å². The van der Waals surface area contributed by atoms with Crippen molar-refractivity contribution in [1.82, 2.24) is 20.9 Å². The molecule has 5 unspecified atom stereocenters. The zero-order valence-corrected chi connectivity index (χ0v) is 24.3. The van der Waals surface area contributed by atoms with Crippen LogP contribution in [-0.4, -0.2) is 82.5 Å². The number of nitrogens with zero attached hydrogens (tertiary/aromatic N) is 1. The lowest BCUT2D eigenvalue weighted by Gasteiger charge is -2.62. The van der Waals surface area contributed by atoms with Crippen LogP contribution in [0.15, 0.2) is 0 Å². The molecule has 238 valence electrons. The van der Waals surface area contributed by atoms with E-state index in [4.69, 9.17) is 5.73 Å². The molecule has 0 radical (unpaired) electrons. The Morgan fingerprint density at radius 1 is 1.12 bits per heavy atom. The standard InChI is InChI=1S/C29H40F3N5O6/c1-26(2)16-11-37(19(18(16)26)23(40)35-17(21(33)38)6-15-3-4-34-22(15)39)24(41)20(36-25(42)29(30,31)32)27-7-13-5-14(8-27)10-28(43,9-13)12-27/h13-20,43H,3-12H2,1-2H3,(H2,33,38)(H,34,39)(H,35,40)(H,36,42)/t13-,14+,15?,16-,17?,18-,19-,20?,27?,28?/m0/s1. The average Bonchev–Trinajstić information content (AvgIpc) is 3.22. The fourth-order valence-corrected chi connectivity index (χ4v) is 9.95. The number of alkyl halides is 3. The van der Waals surface area contributed by atoms with Gasteiger partial charge in [-0.3, -0.25) is 24.0 Å². The molecule has 2 heterocycles. The molecule has 11 nitrogen and oxygen atoms in total. The molecule has 6 N–H and O–H groups in total. The van der Waals surface area contributed by atoms with E-state index in [1.54, 1.807) is 0 Å². The van der Waals surface area contributed by atoms with Crippen LogP contribution in [0.2, 0.25) is 0 Å². The van der Waals surface area contributed by atoms with Crippen LogP contribution in [0.4, 0.5) is 13.2 Å². The van der Waals surface area contributed by atoms with E-state index in [0.29, 0.717) is 38.6 Å².